The molecule has 6 nitrogen and oxygen atoms in total. The number of benzene rings is 1. The van der Waals surface area contributed by atoms with Crippen LogP contribution in [0, 0.1) is 23.2 Å². The number of nitriles is 1. The molecule has 0 N–H and O–H groups in total. The van der Waals surface area contributed by atoms with Gasteiger partial charge >= 0.3 is 0 Å². The van der Waals surface area contributed by atoms with E-state index >= 15 is 0 Å². The van der Waals surface area contributed by atoms with Gasteiger partial charge in [-0.3, -0.25) is 4.90 Å². The molecule has 3 fully saturated rings. The zero-order valence-corrected chi connectivity index (χ0v) is 23.8. The standard InChI is InChI=1S/C33H44N6/c1-25(2)38-15-3-4-30(23-38)28-9-11-29(12-10-28)31-20-33-32(13-14-35-39(33)24-31)37-18-16-36(17-19-37)22-27-7-5-26(21-34)6-8-27/h9-14,20,24-27,30H,3-8,15-19,22-23H2,1-2H3/t26?,27?,30-/m0/s1. The summed E-state index contributed by atoms with van der Waals surface area (Å²) >= 11 is 0. The summed E-state index contributed by atoms with van der Waals surface area (Å²) in [6.45, 7) is 12.6. The Morgan fingerprint density at radius 3 is 2.41 bits per heavy atom. The van der Waals surface area contributed by atoms with E-state index in [1.165, 1.54) is 73.2 Å². The number of anilines is 1. The number of rotatable bonds is 6. The summed E-state index contributed by atoms with van der Waals surface area (Å²) < 4.78 is 2.06. The van der Waals surface area contributed by atoms with Crippen LogP contribution in [0.2, 0.25) is 0 Å². The Bertz CT molecular complexity index is 1270. The predicted molar refractivity (Wildman–Crippen MR) is 159 cm³/mol. The second-order valence-corrected chi connectivity index (χ2v) is 12.5. The minimum absolute atomic E-state index is 0.296. The van der Waals surface area contributed by atoms with Gasteiger partial charge in [-0.15, -0.1) is 0 Å². The van der Waals surface area contributed by atoms with Crippen molar-refractivity contribution in [1.29, 1.82) is 5.26 Å². The second-order valence-electron chi connectivity index (χ2n) is 12.5. The smallest absolute Gasteiger partial charge is 0.0886 e. The fraction of sp³-hybridized carbons (Fsp3) is 0.576. The summed E-state index contributed by atoms with van der Waals surface area (Å²) in [6.07, 6.45) is 11.3. The van der Waals surface area contributed by atoms with E-state index in [1.54, 1.807) is 0 Å². The number of nitrogens with zero attached hydrogens (tertiary/aromatic N) is 6. The summed E-state index contributed by atoms with van der Waals surface area (Å²) in [5.41, 5.74) is 6.46. The Morgan fingerprint density at radius 1 is 0.923 bits per heavy atom. The van der Waals surface area contributed by atoms with Gasteiger partial charge in [0.2, 0.25) is 0 Å². The zero-order chi connectivity index (χ0) is 26.8. The topological polar surface area (TPSA) is 50.8 Å². The second kappa shape index (κ2) is 11.7. The number of piperidine rings is 1. The van der Waals surface area contributed by atoms with E-state index in [-0.39, 0.29) is 0 Å². The molecule has 1 atom stereocenters. The molecule has 4 heterocycles. The van der Waals surface area contributed by atoms with Crippen LogP contribution in [0.3, 0.4) is 0 Å². The first-order valence-corrected chi connectivity index (χ1v) is 15.3. The molecular weight excluding hydrogens is 480 g/mol. The van der Waals surface area contributed by atoms with Crippen molar-refractivity contribution in [3.63, 3.8) is 0 Å². The molecule has 0 radical (unpaired) electrons. The predicted octanol–water partition coefficient (Wildman–Crippen LogP) is 6.04. The first-order chi connectivity index (χ1) is 19.1. The van der Waals surface area contributed by atoms with Crippen molar-refractivity contribution in [3.05, 3.63) is 54.4 Å². The quantitative estimate of drug-likeness (QED) is 0.393. The maximum Gasteiger partial charge on any atom is 0.0886 e. The number of piperazine rings is 1. The molecule has 0 spiro atoms. The summed E-state index contributed by atoms with van der Waals surface area (Å²) in [6, 6.07) is 16.9. The number of aromatic nitrogens is 2. The van der Waals surface area contributed by atoms with Gasteiger partial charge in [-0.05, 0) is 94.0 Å². The first-order valence-electron chi connectivity index (χ1n) is 15.3. The molecule has 3 aromatic rings. The normalized spacial score (nSPS) is 25.3. The van der Waals surface area contributed by atoms with Crippen LogP contribution in [-0.2, 0) is 0 Å². The molecule has 6 heteroatoms. The van der Waals surface area contributed by atoms with Crippen molar-refractivity contribution in [1.82, 2.24) is 19.4 Å². The van der Waals surface area contributed by atoms with E-state index in [9.17, 15) is 5.26 Å². The molecule has 6 rings (SSSR count). The van der Waals surface area contributed by atoms with Gasteiger partial charge in [0, 0.05) is 69.2 Å². The van der Waals surface area contributed by atoms with Crippen LogP contribution >= 0.6 is 0 Å². The molecule has 1 saturated carbocycles. The lowest BCUT2D eigenvalue weighted by Crippen LogP contribution is -2.48. The molecule has 2 aliphatic heterocycles. The Balaban J connectivity index is 1.10. The number of hydrogen-bond acceptors (Lipinski definition) is 5. The van der Waals surface area contributed by atoms with E-state index in [0.29, 0.717) is 17.9 Å². The minimum Gasteiger partial charge on any atom is -0.367 e. The molecule has 2 aromatic heterocycles. The highest BCUT2D eigenvalue weighted by atomic mass is 15.3. The highest BCUT2D eigenvalue weighted by molar-refractivity contribution is 5.80. The minimum atomic E-state index is 0.296. The lowest BCUT2D eigenvalue weighted by atomic mass is 9.82. The molecule has 0 amide bonds. The lowest BCUT2D eigenvalue weighted by Gasteiger charge is -2.38. The van der Waals surface area contributed by atoms with Crippen molar-refractivity contribution >= 4 is 11.2 Å². The average molecular weight is 525 g/mol. The molecular formula is C33H44N6. The van der Waals surface area contributed by atoms with Gasteiger partial charge in [-0.2, -0.15) is 10.4 Å². The van der Waals surface area contributed by atoms with Crippen LogP contribution in [0.5, 0.6) is 0 Å². The van der Waals surface area contributed by atoms with E-state index < -0.39 is 0 Å². The Morgan fingerprint density at radius 2 is 1.69 bits per heavy atom. The van der Waals surface area contributed by atoms with E-state index in [4.69, 9.17) is 0 Å². The largest absolute Gasteiger partial charge is 0.367 e. The van der Waals surface area contributed by atoms with Crippen LogP contribution < -0.4 is 4.90 Å². The highest BCUT2D eigenvalue weighted by Crippen LogP contribution is 2.33. The number of fused-ring (bicyclic) bond motifs is 1. The summed E-state index contributed by atoms with van der Waals surface area (Å²) in [7, 11) is 0. The maximum absolute atomic E-state index is 9.19. The van der Waals surface area contributed by atoms with Gasteiger partial charge < -0.3 is 9.80 Å². The monoisotopic (exact) mass is 524 g/mol. The summed E-state index contributed by atoms with van der Waals surface area (Å²) in [4.78, 5) is 7.80. The molecule has 1 aliphatic carbocycles. The van der Waals surface area contributed by atoms with Crippen LogP contribution in [0.15, 0.2) is 48.8 Å². The molecule has 206 valence electrons. The van der Waals surface area contributed by atoms with Crippen molar-refractivity contribution in [2.24, 2.45) is 11.8 Å². The molecule has 1 aromatic carbocycles. The van der Waals surface area contributed by atoms with Gasteiger partial charge in [0.1, 0.15) is 0 Å². The van der Waals surface area contributed by atoms with Crippen molar-refractivity contribution in [3.8, 4) is 17.2 Å². The summed E-state index contributed by atoms with van der Waals surface area (Å²) in [5.74, 6) is 1.70. The molecule has 2 saturated heterocycles. The zero-order valence-electron chi connectivity index (χ0n) is 23.8. The first kappa shape index (κ1) is 26.3. The van der Waals surface area contributed by atoms with Gasteiger partial charge in [0.25, 0.3) is 0 Å². The van der Waals surface area contributed by atoms with Crippen molar-refractivity contribution in [2.45, 2.75) is 64.3 Å². The van der Waals surface area contributed by atoms with Gasteiger partial charge in [0.05, 0.1) is 17.3 Å². The summed E-state index contributed by atoms with van der Waals surface area (Å²) in [5, 5.41) is 13.8. The van der Waals surface area contributed by atoms with Crippen molar-refractivity contribution < 1.29 is 0 Å². The van der Waals surface area contributed by atoms with Crippen LogP contribution in [0.25, 0.3) is 16.6 Å². The SMILES string of the molecule is CC(C)N1CCC[C@H](c2ccc(-c3cc4c(N5CCN(CC6CCC(C#N)CC6)CC5)ccnn4c3)cc2)C1. The third-order valence-corrected chi connectivity index (χ3v) is 9.64. The third-order valence-electron chi connectivity index (χ3n) is 9.64. The van der Waals surface area contributed by atoms with Gasteiger partial charge in [-0.25, -0.2) is 4.52 Å². The molecule has 39 heavy (non-hydrogen) atoms. The van der Waals surface area contributed by atoms with E-state index in [2.05, 4.69) is 86.8 Å². The number of hydrogen-bond donors (Lipinski definition) is 0. The van der Waals surface area contributed by atoms with Crippen molar-refractivity contribution in [2.75, 3.05) is 50.7 Å². The van der Waals surface area contributed by atoms with Crippen LogP contribution in [-0.4, -0.2) is 71.3 Å². The van der Waals surface area contributed by atoms with Crippen LogP contribution in [0.4, 0.5) is 5.69 Å². The van der Waals surface area contributed by atoms with Gasteiger partial charge in [-0.1, -0.05) is 24.3 Å². The van der Waals surface area contributed by atoms with E-state index in [1.807, 2.05) is 6.20 Å². The Kier molecular flexibility index (Phi) is 7.90. The van der Waals surface area contributed by atoms with E-state index in [0.717, 1.165) is 44.9 Å². The number of likely N-dealkylation sites (tertiary alicyclic amines) is 1. The fourth-order valence-electron chi connectivity index (χ4n) is 7.13. The third kappa shape index (κ3) is 5.85. The maximum atomic E-state index is 9.19. The average Bonchev–Trinajstić information content (AvgIpc) is 3.43. The molecule has 0 unspecified atom stereocenters. The Labute approximate surface area is 234 Å². The van der Waals surface area contributed by atoms with Crippen LogP contribution in [0.1, 0.15) is 63.9 Å². The van der Waals surface area contributed by atoms with Gasteiger partial charge in [0.15, 0.2) is 0 Å². The fourth-order valence-corrected chi connectivity index (χ4v) is 7.13. The lowest BCUT2D eigenvalue weighted by molar-refractivity contribution is 0.167. The Hall–Kier alpha value is -2.88. The highest BCUT2D eigenvalue weighted by Gasteiger charge is 2.26. The molecule has 0 bridgehead atoms. The molecule has 3 aliphatic rings.